The smallest absolute Gasteiger partial charge is 0.387 e. The standard InChI is InChI=1S/C16H18F2N2O3/c1-4-13-14(15(21)22-5-2)10(3)19-20(13)11-6-8-12(9-7-11)23-16(17)18/h6-9,16H,4-5H2,1-3H3. The molecular weight excluding hydrogens is 306 g/mol. The Morgan fingerprint density at radius 2 is 1.91 bits per heavy atom. The van der Waals surface area contributed by atoms with Gasteiger partial charge in [-0.1, -0.05) is 6.92 Å². The van der Waals surface area contributed by atoms with Crippen molar-refractivity contribution in [3.05, 3.63) is 41.2 Å². The third kappa shape index (κ3) is 3.67. The number of ether oxygens (including phenoxy) is 2. The second kappa shape index (κ2) is 7.21. The SMILES string of the molecule is CCOC(=O)c1c(C)nn(-c2ccc(OC(F)F)cc2)c1CC. The summed E-state index contributed by atoms with van der Waals surface area (Å²) in [5.74, 6) is -0.345. The van der Waals surface area contributed by atoms with Crippen LogP contribution >= 0.6 is 0 Å². The number of hydrogen-bond donors (Lipinski definition) is 0. The number of benzene rings is 1. The molecule has 0 N–H and O–H groups in total. The van der Waals surface area contributed by atoms with E-state index in [0.717, 1.165) is 0 Å². The summed E-state index contributed by atoms with van der Waals surface area (Å²) >= 11 is 0. The third-order valence-electron chi connectivity index (χ3n) is 3.28. The van der Waals surface area contributed by atoms with Crippen molar-refractivity contribution in [3.63, 3.8) is 0 Å². The summed E-state index contributed by atoms with van der Waals surface area (Å²) in [7, 11) is 0. The number of esters is 1. The molecule has 0 radical (unpaired) electrons. The lowest BCUT2D eigenvalue weighted by Crippen LogP contribution is -2.09. The first kappa shape index (κ1) is 16.9. The van der Waals surface area contributed by atoms with Gasteiger partial charge in [-0.15, -0.1) is 0 Å². The molecule has 0 aliphatic heterocycles. The van der Waals surface area contributed by atoms with Crippen molar-refractivity contribution in [2.75, 3.05) is 6.61 Å². The molecule has 0 fully saturated rings. The Kier molecular flexibility index (Phi) is 5.31. The van der Waals surface area contributed by atoms with Crippen molar-refractivity contribution in [1.82, 2.24) is 9.78 Å². The van der Waals surface area contributed by atoms with Gasteiger partial charge in [0.15, 0.2) is 0 Å². The number of hydrogen-bond acceptors (Lipinski definition) is 4. The number of nitrogens with zero attached hydrogens (tertiary/aromatic N) is 2. The normalized spacial score (nSPS) is 10.9. The highest BCUT2D eigenvalue weighted by Gasteiger charge is 2.22. The zero-order valence-electron chi connectivity index (χ0n) is 13.2. The number of carbonyl (C=O) groups excluding carboxylic acids is 1. The van der Waals surface area contributed by atoms with Crippen LogP contribution in [-0.4, -0.2) is 29.0 Å². The van der Waals surface area contributed by atoms with Crippen molar-refractivity contribution in [3.8, 4) is 11.4 Å². The molecule has 7 heteroatoms. The lowest BCUT2D eigenvalue weighted by molar-refractivity contribution is -0.0498. The Labute approximate surface area is 132 Å². The summed E-state index contributed by atoms with van der Waals surface area (Å²) in [4.78, 5) is 12.1. The second-order valence-electron chi connectivity index (χ2n) is 4.77. The van der Waals surface area contributed by atoms with Crippen molar-refractivity contribution in [1.29, 1.82) is 0 Å². The van der Waals surface area contributed by atoms with Crippen LogP contribution in [0.3, 0.4) is 0 Å². The van der Waals surface area contributed by atoms with Crippen molar-refractivity contribution < 1.29 is 23.0 Å². The van der Waals surface area contributed by atoms with Crippen LogP contribution < -0.4 is 4.74 Å². The highest BCUT2D eigenvalue weighted by Crippen LogP contribution is 2.22. The summed E-state index contributed by atoms with van der Waals surface area (Å²) in [6, 6.07) is 6.08. The molecule has 2 rings (SSSR count). The van der Waals surface area contributed by atoms with E-state index in [1.807, 2.05) is 6.92 Å². The van der Waals surface area contributed by atoms with E-state index in [9.17, 15) is 13.6 Å². The van der Waals surface area contributed by atoms with E-state index in [-0.39, 0.29) is 12.4 Å². The zero-order valence-corrected chi connectivity index (χ0v) is 13.2. The summed E-state index contributed by atoms with van der Waals surface area (Å²) in [5.41, 5.74) is 2.38. The molecule has 5 nitrogen and oxygen atoms in total. The number of halogens is 2. The molecule has 0 saturated carbocycles. The molecule has 23 heavy (non-hydrogen) atoms. The van der Waals surface area contributed by atoms with Gasteiger partial charge in [-0.25, -0.2) is 9.48 Å². The van der Waals surface area contributed by atoms with Gasteiger partial charge in [0.05, 0.1) is 23.7 Å². The number of aromatic nitrogens is 2. The summed E-state index contributed by atoms with van der Waals surface area (Å²) < 4.78 is 35.4. The zero-order chi connectivity index (χ0) is 17.0. The first-order valence-electron chi connectivity index (χ1n) is 7.28. The van der Waals surface area contributed by atoms with Crippen LogP contribution in [0.25, 0.3) is 5.69 Å². The molecule has 124 valence electrons. The molecule has 1 aromatic heterocycles. The Bertz CT molecular complexity index is 681. The fourth-order valence-corrected chi connectivity index (χ4v) is 2.35. The van der Waals surface area contributed by atoms with Crippen molar-refractivity contribution in [2.24, 2.45) is 0 Å². The fraction of sp³-hybridized carbons (Fsp3) is 0.375. The number of carbonyl (C=O) groups is 1. The van der Waals surface area contributed by atoms with Gasteiger partial charge < -0.3 is 9.47 Å². The molecule has 1 heterocycles. The van der Waals surface area contributed by atoms with E-state index < -0.39 is 12.6 Å². The maximum atomic E-state index is 12.2. The monoisotopic (exact) mass is 324 g/mol. The molecule has 1 aromatic carbocycles. The minimum absolute atomic E-state index is 0.0660. The van der Waals surface area contributed by atoms with Gasteiger partial charge in [0.2, 0.25) is 0 Å². The maximum absolute atomic E-state index is 12.2. The molecule has 0 atom stereocenters. The third-order valence-corrected chi connectivity index (χ3v) is 3.28. The predicted octanol–water partition coefficient (Wildman–Crippen LogP) is 3.52. The van der Waals surface area contributed by atoms with E-state index >= 15 is 0 Å². The van der Waals surface area contributed by atoms with E-state index in [1.165, 1.54) is 12.1 Å². The van der Waals surface area contributed by atoms with Gasteiger partial charge in [-0.3, -0.25) is 0 Å². The average Bonchev–Trinajstić information content (AvgIpc) is 2.84. The number of rotatable bonds is 6. The summed E-state index contributed by atoms with van der Waals surface area (Å²) in [6.45, 7) is 2.80. The first-order chi connectivity index (χ1) is 11.0. The van der Waals surface area contributed by atoms with Crippen LogP contribution in [0, 0.1) is 6.92 Å². The average molecular weight is 324 g/mol. The fourth-order valence-electron chi connectivity index (χ4n) is 2.35. The van der Waals surface area contributed by atoms with Crippen molar-refractivity contribution >= 4 is 5.97 Å². The summed E-state index contributed by atoms with van der Waals surface area (Å²) in [5, 5.41) is 4.37. The minimum atomic E-state index is -2.87. The van der Waals surface area contributed by atoms with Gasteiger partial charge in [0.25, 0.3) is 0 Å². The highest BCUT2D eigenvalue weighted by molar-refractivity contribution is 5.92. The van der Waals surface area contributed by atoms with Gasteiger partial charge in [0, 0.05) is 0 Å². The van der Waals surface area contributed by atoms with Gasteiger partial charge in [0.1, 0.15) is 11.3 Å². The van der Waals surface area contributed by atoms with Gasteiger partial charge >= 0.3 is 12.6 Å². The van der Waals surface area contributed by atoms with E-state index in [1.54, 1.807) is 30.7 Å². The Morgan fingerprint density at radius 3 is 2.43 bits per heavy atom. The Balaban J connectivity index is 2.39. The van der Waals surface area contributed by atoms with Crippen LogP contribution in [0.15, 0.2) is 24.3 Å². The van der Waals surface area contributed by atoms with Crippen LogP contribution in [-0.2, 0) is 11.2 Å². The Hall–Kier alpha value is -2.44. The molecule has 0 aliphatic rings. The topological polar surface area (TPSA) is 53.3 Å². The quantitative estimate of drug-likeness (QED) is 0.763. The van der Waals surface area contributed by atoms with Gasteiger partial charge in [-0.2, -0.15) is 13.9 Å². The number of aryl methyl sites for hydroxylation is 1. The second-order valence-corrected chi connectivity index (χ2v) is 4.77. The number of alkyl halides is 2. The van der Waals surface area contributed by atoms with E-state index in [0.29, 0.717) is 29.1 Å². The summed E-state index contributed by atoms with van der Waals surface area (Å²) in [6.07, 6.45) is 0.574. The van der Waals surface area contributed by atoms with Gasteiger partial charge in [-0.05, 0) is 44.5 Å². The lowest BCUT2D eigenvalue weighted by atomic mass is 10.1. The molecule has 0 unspecified atom stereocenters. The largest absolute Gasteiger partial charge is 0.462 e. The van der Waals surface area contributed by atoms with Crippen LogP contribution in [0.2, 0.25) is 0 Å². The first-order valence-corrected chi connectivity index (χ1v) is 7.28. The minimum Gasteiger partial charge on any atom is -0.462 e. The lowest BCUT2D eigenvalue weighted by Gasteiger charge is -2.09. The Morgan fingerprint density at radius 1 is 1.26 bits per heavy atom. The maximum Gasteiger partial charge on any atom is 0.387 e. The predicted molar refractivity (Wildman–Crippen MR) is 80.3 cm³/mol. The molecule has 2 aromatic rings. The molecule has 0 aliphatic carbocycles. The van der Waals surface area contributed by atoms with E-state index in [2.05, 4.69) is 9.84 Å². The van der Waals surface area contributed by atoms with Crippen LogP contribution in [0.4, 0.5) is 8.78 Å². The molecular formula is C16H18F2N2O3. The molecule has 0 saturated heterocycles. The molecule has 0 amide bonds. The van der Waals surface area contributed by atoms with Crippen LogP contribution in [0.5, 0.6) is 5.75 Å². The highest BCUT2D eigenvalue weighted by atomic mass is 19.3. The van der Waals surface area contributed by atoms with E-state index in [4.69, 9.17) is 4.74 Å². The molecule has 0 bridgehead atoms. The molecule has 0 spiro atoms. The van der Waals surface area contributed by atoms with Crippen molar-refractivity contribution in [2.45, 2.75) is 33.8 Å². The van der Waals surface area contributed by atoms with Crippen LogP contribution in [0.1, 0.15) is 35.6 Å².